The number of alkyl carbamates (subject to hydrolysis) is 1. The van der Waals surface area contributed by atoms with Crippen LogP contribution in [0.2, 0.25) is 0 Å². The molecular weight excluding hydrogens is 546 g/mol. The second kappa shape index (κ2) is 12.9. The monoisotopic (exact) mass is 584 g/mol. The average Bonchev–Trinajstić information content (AvgIpc) is 2.92. The molecule has 2 heterocycles. The van der Waals surface area contributed by atoms with Crippen LogP contribution in [0.5, 0.6) is 0 Å². The molecule has 9 nitrogen and oxygen atoms in total. The maximum atomic E-state index is 14.2. The van der Waals surface area contributed by atoms with Gasteiger partial charge >= 0.3 is 6.09 Å². The van der Waals surface area contributed by atoms with Crippen LogP contribution in [0, 0.1) is 0 Å². The Morgan fingerprint density at radius 1 is 1.05 bits per heavy atom. The first-order chi connectivity index (χ1) is 19.8. The Kier molecular flexibility index (Phi) is 9.48. The molecule has 42 heavy (non-hydrogen) atoms. The summed E-state index contributed by atoms with van der Waals surface area (Å²) in [5.74, 6) is -4.33. The molecule has 2 aliphatic rings. The summed E-state index contributed by atoms with van der Waals surface area (Å²) in [4.78, 5) is 54.8. The number of likely N-dealkylation sites (tertiary alicyclic amines) is 1. The van der Waals surface area contributed by atoms with Crippen LogP contribution < -0.4 is 10.6 Å². The van der Waals surface area contributed by atoms with Gasteiger partial charge in [-0.15, -0.1) is 0 Å². The van der Waals surface area contributed by atoms with E-state index in [9.17, 15) is 28.0 Å². The smallest absolute Gasteiger partial charge is 0.407 e. The van der Waals surface area contributed by atoms with Crippen molar-refractivity contribution in [2.24, 2.45) is 0 Å². The zero-order chi connectivity index (χ0) is 30.5. The zero-order valence-corrected chi connectivity index (χ0v) is 24.2. The predicted molar refractivity (Wildman–Crippen MR) is 151 cm³/mol. The molecule has 0 unspecified atom stereocenters. The number of hydrogen-bond donors (Lipinski definition) is 2. The highest BCUT2D eigenvalue weighted by Crippen LogP contribution is 2.28. The molecule has 4 rings (SSSR count). The maximum Gasteiger partial charge on any atom is 0.407 e. The molecule has 1 saturated heterocycles. The lowest BCUT2D eigenvalue weighted by Gasteiger charge is -2.38. The van der Waals surface area contributed by atoms with Gasteiger partial charge in [0.2, 0.25) is 17.7 Å². The number of benzene rings is 2. The summed E-state index contributed by atoms with van der Waals surface area (Å²) in [5.41, 5.74) is 1.90. The van der Waals surface area contributed by atoms with E-state index in [-0.39, 0.29) is 38.4 Å². The fourth-order valence-electron chi connectivity index (χ4n) is 5.21. The SMILES string of the molecule is CC(C)(C)OC(=O)N[C@@H](CC(=O)N1Cc2ccccc2C[C@H]1C(=O)NCc1ccccc1)CN1CC(F)(F)CCC1=O. The van der Waals surface area contributed by atoms with Gasteiger partial charge in [-0.25, -0.2) is 13.6 Å². The molecule has 11 heteroatoms. The van der Waals surface area contributed by atoms with Gasteiger partial charge in [-0.3, -0.25) is 14.4 Å². The van der Waals surface area contributed by atoms with Crippen molar-refractivity contribution in [1.29, 1.82) is 0 Å². The van der Waals surface area contributed by atoms with Gasteiger partial charge in [-0.1, -0.05) is 54.6 Å². The maximum absolute atomic E-state index is 14.2. The Hall–Kier alpha value is -4.02. The molecule has 0 aliphatic carbocycles. The second-order valence-electron chi connectivity index (χ2n) is 11.9. The van der Waals surface area contributed by atoms with Gasteiger partial charge < -0.3 is 25.2 Å². The number of ether oxygens (including phenoxy) is 1. The van der Waals surface area contributed by atoms with Gasteiger partial charge in [-0.05, 0) is 37.5 Å². The van der Waals surface area contributed by atoms with Crippen LogP contribution in [0.3, 0.4) is 0 Å². The van der Waals surface area contributed by atoms with E-state index in [2.05, 4.69) is 10.6 Å². The Bertz CT molecular complexity index is 1300. The molecule has 2 aliphatic heterocycles. The number of halogens is 2. The first-order valence-electron chi connectivity index (χ1n) is 14.1. The molecular formula is C31H38F2N4O5. The minimum atomic E-state index is -3.06. The minimum Gasteiger partial charge on any atom is -0.444 e. The number of rotatable bonds is 8. The van der Waals surface area contributed by atoms with E-state index in [0.29, 0.717) is 6.42 Å². The molecule has 2 aromatic rings. The number of hydrogen-bond acceptors (Lipinski definition) is 5. The number of carbonyl (C=O) groups is 4. The number of piperidine rings is 1. The lowest BCUT2D eigenvalue weighted by Crippen LogP contribution is -2.56. The van der Waals surface area contributed by atoms with Gasteiger partial charge in [0.05, 0.1) is 12.6 Å². The molecule has 226 valence electrons. The highest BCUT2D eigenvalue weighted by Gasteiger charge is 2.41. The van der Waals surface area contributed by atoms with Gasteiger partial charge in [0.25, 0.3) is 5.92 Å². The van der Waals surface area contributed by atoms with E-state index < -0.39 is 54.5 Å². The average molecular weight is 585 g/mol. The number of nitrogens with zero attached hydrogens (tertiary/aromatic N) is 2. The summed E-state index contributed by atoms with van der Waals surface area (Å²) in [6.45, 7) is 4.37. The molecule has 0 radical (unpaired) electrons. The number of fused-ring (bicyclic) bond motifs is 1. The number of carbonyl (C=O) groups excluding carboxylic acids is 4. The highest BCUT2D eigenvalue weighted by atomic mass is 19.3. The van der Waals surface area contributed by atoms with E-state index in [1.54, 1.807) is 20.8 Å². The molecule has 1 fully saturated rings. The van der Waals surface area contributed by atoms with E-state index in [4.69, 9.17) is 4.74 Å². The van der Waals surface area contributed by atoms with Gasteiger partial charge in [-0.2, -0.15) is 0 Å². The zero-order valence-electron chi connectivity index (χ0n) is 24.2. The van der Waals surface area contributed by atoms with Crippen molar-refractivity contribution in [3.8, 4) is 0 Å². The molecule has 2 atom stereocenters. The van der Waals surface area contributed by atoms with Crippen LogP contribution in [0.25, 0.3) is 0 Å². The van der Waals surface area contributed by atoms with E-state index in [1.165, 1.54) is 4.90 Å². The fraction of sp³-hybridized carbons (Fsp3) is 0.484. The molecule has 0 aromatic heterocycles. The third-order valence-electron chi connectivity index (χ3n) is 7.24. The quantitative estimate of drug-likeness (QED) is 0.491. The second-order valence-corrected chi connectivity index (χ2v) is 11.9. The largest absolute Gasteiger partial charge is 0.444 e. The van der Waals surface area contributed by atoms with E-state index in [1.807, 2.05) is 54.6 Å². The van der Waals surface area contributed by atoms with Gasteiger partial charge in [0.15, 0.2) is 0 Å². The van der Waals surface area contributed by atoms with Crippen LogP contribution in [-0.4, -0.2) is 70.3 Å². The Morgan fingerprint density at radius 2 is 1.71 bits per heavy atom. The third kappa shape index (κ3) is 8.50. The van der Waals surface area contributed by atoms with Crippen molar-refractivity contribution in [3.63, 3.8) is 0 Å². The first kappa shape index (κ1) is 30.9. The molecule has 0 bridgehead atoms. The van der Waals surface area contributed by atoms with Crippen molar-refractivity contribution >= 4 is 23.8 Å². The van der Waals surface area contributed by atoms with Crippen molar-refractivity contribution in [3.05, 3.63) is 71.3 Å². The van der Waals surface area contributed by atoms with Crippen molar-refractivity contribution in [2.45, 2.75) is 83.2 Å². The van der Waals surface area contributed by atoms with Crippen molar-refractivity contribution < 1.29 is 32.7 Å². The first-order valence-corrected chi connectivity index (χ1v) is 14.1. The standard InChI is InChI=1S/C31H38F2N4O5/c1-30(2,3)42-29(41)35-24(19-36-20-31(32,33)14-13-26(36)38)16-27(39)37-18-23-12-8-7-11-22(23)15-25(37)28(40)34-17-21-9-5-4-6-10-21/h4-12,24-25H,13-20H2,1-3H3,(H,34,40)(H,35,41)/t24-,25-/m0/s1. The van der Waals surface area contributed by atoms with Crippen LogP contribution in [0.15, 0.2) is 54.6 Å². The van der Waals surface area contributed by atoms with Crippen molar-refractivity contribution in [2.75, 3.05) is 13.1 Å². The molecule has 4 amide bonds. The van der Waals surface area contributed by atoms with Crippen LogP contribution in [0.1, 0.15) is 56.7 Å². The third-order valence-corrected chi connectivity index (χ3v) is 7.24. The summed E-state index contributed by atoms with van der Waals surface area (Å²) >= 11 is 0. The number of alkyl halides is 2. The Morgan fingerprint density at radius 3 is 2.40 bits per heavy atom. The highest BCUT2D eigenvalue weighted by molar-refractivity contribution is 5.89. The molecule has 0 spiro atoms. The topological polar surface area (TPSA) is 108 Å². The molecule has 2 N–H and O–H groups in total. The molecule has 2 aromatic carbocycles. The van der Waals surface area contributed by atoms with Crippen LogP contribution in [-0.2, 0) is 38.6 Å². The Labute approximate surface area is 244 Å². The Balaban J connectivity index is 1.54. The minimum absolute atomic E-state index is 0.165. The van der Waals surface area contributed by atoms with Crippen LogP contribution in [0.4, 0.5) is 13.6 Å². The summed E-state index contributed by atoms with van der Waals surface area (Å²) in [7, 11) is 0. The summed E-state index contributed by atoms with van der Waals surface area (Å²) < 4.78 is 33.7. The fourth-order valence-corrected chi connectivity index (χ4v) is 5.21. The van der Waals surface area contributed by atoms with Gasteiger partial charge in [0.1, 0.15) is 11.6 Å². The lowest BCUT2D eigenvalue weighted by atomic mass is 9.92. The predicted octanol–water partition coefficient (Wildman–Crippen LogP) is 3.80. The lowest BCUT2D eigenvalue weighted by molar-refractivity contribution is -0.148. The summed E-state index contributed by atoms with van der Waals surface area (Å²) in [6, 6.07) is 15.1. The van der Waals surface area contributed by atoms with E-state index >= 15 is 0 Å². The normalized spacial score (nSPS) is 19.0. The van der Waals surface area contributed by atoms with Crippen LogP contribution >= 0.6 is 0 Å². The molecule has 0 saturated carbocycles. The summed E-state index contributed by atoms with van der Waals surface area (Å²) in [5, 5.41) is 5.52. The van der Waals surface area contributed by atoms with E-state index in [0.717, 1.165) is 21.6 Å². The number of nitrogens with one attached hydrogen (secondary N) is 2. The van der Waals surface area contributed by atoms with Crippen molar-refractivity contribution in [1.82, 2.24) is 20.4 Å². The number of amides is 4. The van der Waals surface area contributed by atoms with Gasteiger partial charge in [0, 0.05) is 45.3 Å². The summed E-state index contributed by atoms with van der Waals surface area (Å²) in [6.07, 6.45) is -1.73.